The van der Waals surface area contributed by atoms with Gasteiger partial charge >= 0.3 is 0 Å². The normalized spacial score (nSPS) is 18.0. The number of hydrogen-bond donors (Lipinski definition) is 0. The van der Waals surface area contributed by atoms with Gasteiger partial charge in [-0.2, -0.15) is 0 Å². The Labute approximate surface area is 135 Å². The van der Waals surface area contributed by atoms with Crippen LogP contribution in [0.3, 0.4) is 0 Å². The molecule has 0 aliphatic carbocycles. The molecule has 3 rings (SSSR count). The lowest BCUT2D eigenvalue weighted by atomic mass is 9.98. The summed E-state index contributed by atoms with van der Waals surface area (Å²) in [5.41, 5.74) is 0.834. The Bertz CT molecular complexity index is 683. The van der Waals surface area contributed by atoms with E-state index in [-0.39, 0.29) is 11.8 Å². The number of aromatic nitrogens is 2. The van der Waals surface area contributed by atoms with Gasteiger partial charge in [-0.3, -0.25) is 4.79 Å². The first kappa shape index (κ1) is 15.5. The Morgan fingerprint density at radius 1 is 1.43 bits per heavy atom. The fraction of sp³-hybridized carbons (Fsp3) is 0.471. The topological polar surface area (TPSA) is 68.5 Å². The van der Waals surface area contributed by atoms with Crippen molar-refractivity contribution in [3.63, 3.8) is 0 Å². The van der Waals surface area contributed by atoms with E-state index in [4.69, 9.17) is 9.15 Å². The molecule has 1 atom stereocenters. The highest BCUT2D eigenvalue weighted by Crippen LogP contribution is 2.29. The highest BCUT2D eigenvalue weighted by Gasteiger charge is 2.27. The number of rotatable bonds is 4. The highest BCUT2D eigenvalue weighted by molar-refractivity contribution is 5.76. The maximum atomic E-state index is 11.9. The van der Waals surface area contributed by atoms with Crippen molar-refractivity contribution >= 4 is 5.91 Å². The van der Waals surface area contributed by atoms with Crippen molar-refractivity contribution in [2.24, 2.45) is 0 Å². The fourth-order valence-electron chi connectivity index (χ4n) is 2.90. The lowest BCUT2D eigenvalue weighted by Crippen LogP contribution is -2.38. The Morgan fingerprint density at radius 3 is 3.09 bits per heavy atom. The summed E-state index contributed by atoms with van der Waals surface area (Å²) in [6.07, 6.45) is 2.46. The van der Waals surface area contributed by atoms with E-state index < -0.39 is 0 Å². The molecule has 1 aromatic carbocycles. The first-order chi connectivity index (χ1) is 11.2. The minimum Gasteiger partial charge on any atom is -0.497 e. The number of amides is 1. The number of nitrogens with zero attached hydrogens (tertiary/aromatic N) is 3. The van der Waals surface area contributed by atoms with Gasteiger partial charge in [0, 0.05) is 25.1 Å². The van der Waals surface area contributed by atoms with Crippen molar-refractivity contribution in [3.8, 4) is 17.2 Å². The van der Waals surface area contributed by atoms with E-state index in [1.165, 1.54) is 0 Å². The van der Waals surface area contributed by atoms with E-state index >= 15 is 0 Å². The Morgan fingerprint density at radius 2 is 2.30 bits per heavy atom. The van der Waals surface area contributed by atoms with Crippen molar-refractivity contribution < 1.29 is 13.9 Å². The second-order valence-electron chi connectivity index (χ2n) is 5.71. The first-order valence-electron chi connectivity index (χ1n) is 7.97. The number of hydrogen-bond acceptors (Lipinski definition) is 5. The molecule has 0 radical (unpaired) electrons. The molecular weight excluding hydrogens is 294 g/mol. The molecule has 6 nitrogen and oxygen atoms in total. The maximum Gasteiger partial charge on any atom is 0.247 e. The molecule has 0 bridgehead atoms. The van der Waals surface area contributed by atoms with Gasteiger partial charge in [-0.15, -0.1) is 10.2 Å². The second kappa shape index (κ2) is 6.81. The minimum absolute atomic E-state index is 0.117. The molecule has 122 valence electrons. The third-order valence-corrected chi connectivity index (χ3v) is 4.18. The number of piperidine rings is 1. The first-order valence-corrected chi connectivity index (χ1v) is 7.97. The van der Waals surface area contributed by atoms with Crippen LogP contribution in [0.15, 0.2) is 28.7 Å². The van der Waals surface area contributed by atoms with Gasteiger partial charge in [0.25, 0.3) is 0 Å². The molecular formula is C17H21N3O3. The quantitative estimate of drug-likeness (QED) is 0.868. The smallest absolute Gasteiger partial charge is 0.247 e. The number of carbonyl (C=O) groups excluding carboxylic acids is 1. The predicted molar refractivity (Wildman–Crippen MR) is 85.1 cm³/mol. The molecule has 1 aliphatic heterocycles. The van der Waals surface area contributed by atoms with E-state index in [0.717, 1.165) is 30.7 Å². The van der Waals surface area contributed by atoms with E-state index in [1.54, 1.807) is 7.11 Å². The molecule has 0 unspecified atom stereocenters. The van der Waals surface area contributed by atoms with Crippen LogP contribution in [0.4, 0.5) is 0 Å². The van der Waals surface area contributed by atoms with Crippen molar-refractivity contribution in [1.29, 1.82) is 0 Å². The summed E-state index contributed by atoms with van der Waals surface area (Å²) < 4.78 is 11.1. The number of methoxy groups -OCH3 is 1. The zero-order valence-electron chi connectivity index (χ0n) is 13.5. The lowest BCUT2D eigenvalue weighted by Gasteiger charge is -2.30. The molecule has 0 spiro atoms. The summed E-state index contributed by atoms with van der Waals surface area (Å²) in [6.45, 7) is 3.37. The predicted octanol–water partition coefficient (Wildman–Crippen LogP) is 2.86. The Balaban J connectivity index is 1.77. The molecule has 1 aliphatic rings. The van der Waals surface area contributed by atoms with E-state index in [0.29, 0.717) is 24.7 Å². The van der Waals surface area contributed by atoms with Gasteiger partial charge in [0.05, 0.1) is 13.0 Å². The number of likely N-dealkylation sites (tertiary alicyclic amines) is 1. The summed E-state index contributed by atoms with van der Waals surface area (Å²) >= 11 is 0. The third kappa shape index (κ3) is 3.36. The van der Waals surface area contributed by atoms with Crippen LogP contribution in [-0.2, 0) is 4.79 Å². The standard InChI is InChI=1S/C17H21N3O3/c1-3-15(21)20-9-5-7-13(11-20)17-19-18-16(23-17)12-6-4-8-14(10-12)22-2/h4,6,8,10,13H,3,5,7,9,11H2,1-2H3/t13-/m1/s1. The van der Waals surface area contributed by atoms with Gasteiger partial charge in [0.1, 0.15) is 5.75 Å². The molecule has 1 aromatic heterocycles. The van der Waals surface area contributed by atoms with E-state index in [9.17, 15) is 4.79 Å². The molecule has 1 fully saturated rings. The van der Waals surface area contributed by atoms with Crippen molar-refractivity contribution in [2.75, 3.05) is 20.2 Å². The monoisotopic (exact) mass is 315 g/mol. The average molecular weight is 315 g/mol. The molecule has 1 amide bonds. The van der Waals surface area contributed by atoms with Crippen LogP contribution < -0.4 is 4.74 Å². The van der Waals surface area contributed by atoms with Gasteiger partial charge in [0.15, 0.2) is 0 Å². The van der Waals surface area contributed by atoms with Crippen LogP contribution in [0.1, 0.15) is 38.0 Å². The number of benzene rings is 1. The van der Waals surface area contributed by atoms with Crippen LogP contribution in [-0.4, -0.2) is 41.2 Å². The maximum absolute atomic E-state index is 11.9. The largest absolute Gasteiger partial charge is 0.497 e. The average Bonchev–Trinajstić information content (AvgIpc) is 3.11. The number of ether oxygens (including phenoxy) is 1. The molecule has 23 heavy (non-hydrogen) atoms. The molecule has 6 heteroatoms. The van der Waals surface area contributed by atoms with Gasteiger partial charge in [0.2, 0.25) is 17.7 Å². The molecule has 0 N–H and O–H groups in total. The fourth-order valence-corrected chi connectivity index (χ4v) is 2.90. The van der Waals surface area contributed by atoms with Crippen molar-refractivity contribution in [1.82, 2.24) is 15.1 Å². The van der Waals surface area contributed by atoms with Gasteiger partial charge in [-0.25, -0.2) is 0 Å². The third-order valence-electron chi connectivity index (χ3n) is 4.18. The minimum atomic E-state index is 0.117. The molecule has 2 heterocycles. The van der Waals surface area contributed by atoms with Crippen molar-refractivity contribution in [3.05, 3.63) is 30.2 Å². The summed E-state index contributed by atoms with van der Waals surface area (Å²) in [5.74, 6) is 2.14. The Kier molecular flexibility index (Phi) is 4.60. The molecule has 1 saturated heterocycles. The van der Waals surface area contributed by atoms with E-state index in [2.05, 4.69) is 10.2 Å². The molecule has 0 saturated carbocycles. The van der Waals surface area contributed by atoms with Crippen LogP contribution in [0.5, 0.6) is 5.75 Å². The zero-order chi connectivity index (χ0) is 16.2. The van der Waals surface area contributed by atoms with Gasteiger partial charge in [-0.1, -0.05) is 13.0 Å². The highest BCUT2D eigenvalue weighted by atomic mass is 16.5. The van der Waals surface area contributed by atoms with Crippen LogP contribution in [0.2, 0.25) is 0 Å². The summed E-state index contributed by atoms with van der Waals surface area (Å²) in [7, 11) is 1.62. The summed E-state index contributed by atoms with van der Waals surface area (Å²) in [4.78, 5) is 13.8. The van der Waals surface area contributed by atoms with Gasteiger partial charge in [-0.05, 0) is 31.0 Å². The SMILES string of the molecule is CCC(=O)N1CCC[C@@H](c2nnc(-c3cccc(OC)c3)o2)C1. The van der Waals surface area contributed by atoms with Crippen LogP contribution in [0.25, 0.3) is 11.5 Å². The van der Waals surface area contributed by atoms with Crippen LogP contribution in [0, 0.1) is 0 Å². The van der Waals surface area contributed by atoms with Crippen molar-refractivity contribution in [2.45, 2.75) is 32.1 Å². The van der Waals surface area contributed by atoms with Gasteiger partial charge < -0.3 is 14.1 Å². The second-order valence-corrected chi connectivity index (χ2v) is 5.71. The number of carbonyl (C=O) groups is 1. The molecule has 2 aromatic rings. The zero-order valence-corrected chi connectivity index (χ0v) is 13.5. The Hall–Kier alpha value is -2.37. The van der Waals surface area contributed by atoms with Crippen LogP contribution >= 0.6 is 0 Å². The van der Waals surface area contributed by atoms with E-state index in [1.807, 2.05) is 36.1 Å². The summed E-state index contributed by atoms with van der Waals surface area (Å²) in [5, 5.41) is 8.35. The lowest BCUT2D eigenvalue weighted by molar-refractivity contribution is -0.132. The summed E-state index contributed by atoms with van der Waals surface area (Å²) in [6, 6.07) is 7.54.